The Morgan fingerprint density at radius 1 is 1.29 bits per heavy atom. The van der Waals surface area contributed by atoms with Crippen LogP contribution in [0.2, 0.25) is 0 Å². The molecule has 2 atom stereocenters. The summed E-state index contributed by atoms with van der Waals surface area (Å²) < 4.78 is 0. The highest BCUT2D eigenvalue weighted by Gasteiger charge is 2.16. The molecule has 78 valence electrons. The maximum atomic E-state index is 6.27. The van der Waals surface area contributed by atoms with Crippen LogP contribution in [0, 0.1) is 13.8 Å². The van der Waals surface area contributed by atoms with Gasteiger partial charge in [-0.05, 0) is 37.3 Å². The van der Waals surface area contributed by atoms with Crippen LogP contribution in [-0.4, -0.2) is 5.38 Å². The minimum Gasteiger partial charge on any atom is -0.122 e. The van der Waals surface area contributed by atoms with E-state index in [2.05, 4.69) is 45.9 Å². The zero-order valence-electron chi connectivity index (χ0n) is 9.47. The molecule has 1 rings (SSSR count). The first kappa shape index (κ1) is 11.6. The Morgan fingerprint density at radius 2 is 1.93 bits per heavy atom. The van der Waals surface area contributed by atoms with Crippen molar-refractivity contribution in [1.82, 2.24) is 0 Å². The van der Waals surface area contributed by atoms with Crippen molar-refractivity contribution in [2.45, 2.75) is 45.4 Å². The molecule has 1 aromatic carbocycles. The van der Waals surface area contributed by atoms with E-state index in [9.17, 15) is 0 Å². The van der Waals surface area contributed by atoms with Gasteiger partial charge in [-0.2, -0.15) is 0 Å². The molecular formula is C13H19Cl. The Labute approximate surface area is 92.3 Å². The Bertz CT molecular complexity index is 304. The van der Waals surface area contributed by atoms with Gasteiger partial charge in [-0.25, -0.2) is 0 Å². The van der Waals surface area contributed by atoms with Crippen molar-refractivity contribution >= 4 is 11.6 Å². The van der Waals surface area contributed by atoms with Gasteiger partial charge in [0, 0.05) is 5.38 Å². The van der Waals surface area contributed by atoms with Gasteiger partial charge in [0.15, 0.2) is 0 Å². The van der Waals surface area contributed by atoms with Gasteiger partial charge in [0.2, 0.25) is 0 Å². The fraction of sp³-hybridized carbons (Fsp3) is 0.538. The smallest absolute Gasteiger partial charge is 0.0399 e. The highest BCUT2D eigenvalue weighted by molar-refractivity contribution is 6.21. The molecule has 0 nitrogen and oxygen atoms in total. The second-order valence-electron chi connectivity index (χ2n) is 4.07. The lowest BCUT2D eigenvalue weighted by Crippen LogP contribution is -2.09. The standard InChI is InChI=1S/C13H19Cl/c1-5-13(14)11(4)12-8-9(2)6-7-10(12)3/h6-8,11,13H,5H2,1-4H3. The number of hydrogen-bond acceptors (Lipinski definition) is 0. The minimum absolute atomic E-state index is 0.246. The van der Waals surface area contributed by atoms with Crippen LogP contribution < -0.4 is 0 Å². The molecule has 2 unspecified atom stereocenters. The van der Waals surface area contributed by atoms with Crippen LogP contribution in [0.15, 0.2) is 18.2 Å². The summed E-state index contributed by atoms with van der Waals surface area (Å²) in [7, 11) is 0. The minimum atomic E-state index is 0.246. The maximum Gasteiger partial charge on any atom is 0.0399 e. The van der Waals surface area contributed by atoms with Crippen LogP contribution in [-0.2, 0) is 0 Å². The summed E-state index contributed by atoms with van der Waals surface area (Å²) in [6.45, 7) is 8.64. The molecular weight excluding hydrogens is 192 g/mol. The molecule has 0 aliphatic rings. The molecule has 0 heterocycles. The third-order valence-electron chi connectivity index (χ3n) is 2.86. The highest BCUT2D eigenvalue weighted by atomic mass is 35.5. The number of halogens is 1. The van der Waals surface area contributed by atoms with E-state index in [0.717, 1.165) is 6.42 Å². The largest absolute Gasteiger partial charge is 0.122 e. The summed E-state index contributed by atoms with van der Waals surface area (Å²) in [5.41, 5.74) is 4.06. The highest BCUT2D eigenvalue weighted by Crippen LogP contribution is 2.28. The van der Waals surface area contributed by atoms with Gasteiger partial charge in [0.05, 0.1) is 0 Å². The van der Waals surface area contributed by atoms with Gasteiger partial charge in [-0.1, -0.05) is 37.6 Å². The molecule has 14 heavy (non-hydrogen) atoms. The number of aryl methyl sites for hydroxylation is 2. The van der Waals surface area contributed by atoms with Crippen molar-refractivity contribution in [1.29, 1.82) is 0 Å². The third-order valence-corrected chi connectivity index (χ3v) is 3.54. The van der Waals surface area contributed by atoms with Crippen LogP contribution in [0.1, 0.15) is 42.9 Å². The van der Waals surface area contributed by atoms with E-state index in [1.807, 2.05) is 0 Å². The van der Waals surface area contributed by atoms with E-state index in [0.29, 0.717) is 5.92 Å². The lowest BCUT2D eigenvalue weighted by Gasteiger charge is -2.19. The maximum absolute atomic E-state index is 6.27. The van der Waals surface area contributed by atoms with Crippen molar-refractivity contribution in [2.75, 3.05) is 0 Å². The zero-order chi connectivity index (χ0) is 10.7. The summed E-state index contributed by atoms with van der Waals surface area (Å²) >= 11 is 6.27. The summed E-state index contributed by atoms with van der Waals surface area (Å²) in [6.07, 6.45) is 1.02. The Kier molecular flexibility index (Phi) is 4.00. The molecule has 0 aliphatic carbocycles. The van der Waals surface area contributed by atoms with Gasteiger partial charge in [0.25, 0.3) is 0 Å². The normalized spacial score (nSPS) is 15.2. The fourth-order valence-corrected chi connectivity index (χ4v) is 1.93. The van der Waals surface area contributed by atoms with Crippen molar-refractivity contribution in [3.05, 3.63) is 34.9 Å². The summed E-state index contributed by atoms with van der Waals surface area (Å²) in [5.74, 6) is 0.446. The predicted molar refractivity (Wildman–Crippen MR) is 64.3 cm³/mol. The van der Waals surface area contributed by atoms with E-state index in [1.165, 1.54) is 16.7 Å². The lowest BCUT2D eigenvalue weighted by atomic mass is 9.91. The Balaban J connectivity index is 2.99. The summed E-state index contributed by atoms with van der Waals surface area (Å²) in [4.78, 5) is 0. The molecule has 0 saturated heterocycles. The monoisotopic (exact) mass is 210 g/mol. The fourth-order valence-electron chi connectivity index (χ4n) is 1.80. The van der Waals surface area contributed by atoms with Crippen LogP contribution in [0.5, 0.6) is 0 Å². The molecule has 0 aromatic heterocycles. The predicted octanol–water partition coefficient (Wildman–Crippen LogP) is 4.42. The van der Waals surface area contributed by atoms with E-state index in [4.69, 9.17) is 11.6 Å². The van der Waals surface area contributed by atoms with E-state index < -0.39 is 0 Å². The van der Waals surface area contributed by atoms with E-state index in [1.54, 1.807) is 0 Å². The molecule has 0 spiro atoms. The average molecular weight is 211 g/mol. The van der Waals surface area contributed by atoms with E-state index in [-0.39, 0.29) is 5.38 Å². The topological polar surface area (TPSA) is 0 Å². The number of benzene rings is 1. The van der Waals surface area contributed by atoms with Crippen molar-refractivity contribution < 1.29 is 0 Å². The molecule has 0 aliphatic heterocycles. The van der Waals surface area contributed by atoms with Gasteiger partial charge in [0.1, 0.15) is 0 Å². The zero-order valence-corrected chi connectivity index (χ0v) is 10.2. The molecule has 0 radical (unpaired) electrons. The molecule has 1 aromatic rings. The number of rotatable bonds is 3. The van der Waals surface area contributed by atoms with Gasteiger partial charge < -0.3 is 0 Å². The molecule has 0 N–H and O–H groups in total. The number of alkyl halides is 1. The first-order chi connectivity index (χ1) is 6.56. The Hall–Kier alpha value is -0.490. The molecule has 0 fully saturated rings. The third kappa shape index (κ3) is 2.51. The quantitative estimate of drug-likeness (QED) is 0.648. The van der Waals surface area contributed by atoms with Crippen molar-refractivity contribution in [2.24, 2.45) is 0 Å². The van der Waals surface area contributed by atoms with Crippen LogP contribution in [0.25, 0.3) is 0 Å². The van der Waals surface area contributed by atoms with Gasteiger partial charge >= 0.3 is 0 Å². The summed E-state index contributed by atoms with van der Waals surface area (Å²) in [5, 5.41) is 0.246. The number of hydrogen-bond donors (Lipinski definition) is 0. The van der Waals surface area contributed by atoms with Gasteiger partial charge in [-0.15, -0.1) is 11.6 Å². The molecule has 0 amide bonds. The van der Waals surface area contributed by atoms with Crippen LogP contribution >= 0.6 is 11.6 Å². The van der Waals surface area contributed by atoms with E-state index >= 15 is 0 Å². The Morgan fingerprint density at radius 3 is 2.50 bits per heavy atom. The first-order valence-electron chi connectivity index (χ1n) is 5.27. The first-order valence-corrected chi connectivity index (χ1v) is 5.71. The SMILES string of the molecule is CCC(Cl)C(C)c1cc(C)ccc1C. The second-order valence-corrected chi connectivity index (χ2v) is 4.63. The van der Waals surface area contributed by atoms with Crippen LogP contribution in [0.4, 0.5) is 0 Å². The van der Waals surface area contributed by atoms with Crippen molar-refractivity contribution in [3.8, 4) is 0 Å². The van der Waals surface area contributed by atoms with Crippen LogP contribution in [0.3, 0.4) is 0 Å². The molecule has 1 heteroatoms. The van der Waals surface area contributed by atoms with Gasteiger partial charge in [-0.3, -0.25) is 0 Å². The van der Waals surface area contributed by atoms with Crippen molar-refractivity contribution in [3.63, 3.8) is 0 Å². The summed E-state index contributed by atoms with van der Waals surface area (Å²) in [6, 6.07) is 6.59. The molecule has 0 saturated carbocycles. The lowest BCUT2D eigenvalue weighted by molar-refractivity contribution is 0.670. The second kappa shape index (κ2) is 4.84. The average Bonchev–Trinajstić information content (AvgIpc) is 2.19. The molecule has 0 bridgehead atoms.